The van der Waals surface area contributed by atoms with Gasteiger partial charge in [-0.1, -0.05) is 29.6 Å². The molecule has 1 aliphatic heterocycles. The second-order valence-corrected chi connectivity index (χ2v) is 11.5. The number of halogens is 2. The van der Waals surface area contributed by atoms with Crippen molar-refractivity contribution in [3.63, 3.8) is 0 Å². The average molecular weight is 611 g/mol. The van der Waals surface area contributed by atoms with Crippen molar-refractivity contribution in [2.75, 3.05) is 24.5 Å². The number of aromatic hydroxyl groups is 2. The summed E-state index contributed by atoms with van der Waals surface area (Å²) < 4.78 is 38.5. The molecule has 0 spiro atoms. The highest BCUT2D eigenvalue weighted by molar-refractivity contribution is 7.89. The molecule has 40 heavy (non-hydrogen) atoms. The Kier molecular flexibility index (Phi) is 8.94. The number of phenolic OH excluding ortho intramolecular Hbond substituents is 2. The number of amides is 1. The largest absolute Gasteiger partial charge is 0.508 e. The van der Waals surface area contributed by atoms with E-state index in [1.807, 2.05) is 0 Å². The van der Waals surface area contributed by atoms with Gasteiger partial charge in [-0.05, 0) is 61.4 Å². The number of anilines is 1. The Morgan fingerprint density at radius 3 is 2.10 bits per heavy atom. The average Bonchev–Trinajstić information content (AvgIpc) is 2.91. The Morgan fingerprint density at radius 2 is 1.50 bits per heavy atom. The smallest absolute Gasteiger partial charge is 0.420 e. The molecule has 1 amide bonds. The number of sulfonamides is 1. The van der Waals surface area contributed by atoms with Crippen molar-refractivity contribution >= 4 is 51.0 Å². The number of hydrogen-bond donors (Lipinski definition) is 3. The lowest BCUT2D eigenvalue weighted by Gasteiger charge is -2.26. The summed E-state index contributed by atoms with van der Waals surface area (Å²) in [5.74, 6) is -1.87. The first-order valence-electron chi connectivity index (χ1n) is 12.0. The van der Waals surface area contributed by atoms with Crippen LogP contribution in [0.1, 0.15) is 19.3 Å². The van der Waals surface area contributed by atoms with E-state index in [0.29, 0.717) is 13.1 Å². The van der Waals surface area contributed by atoms with Gasteiger partial charge >= 0.3 is 12.1 Å². The van der Waals surface area contributed by atoms with Crippen molar-refractivity contribution in [1.29, 1.82) is 0 Å². The minimum atomic E-state index is -3.99. The Balaban J connectivity index is 1.61. The predicted molar refractivity (Wildman–Crippen MR) is 146 cm³/mol. The number of phenols is 2. The van der Waals surface area contributed by atoms with Gasteiger partial charge in [-0.15, -0.1) is 0 Å². The lowest BCUT2D eigenvalue weighted by molar-refractivity contribution is -0.135. The zero-order valence-electron chi connectivity index (χ0n) is 20.8. The summed E-state index contributed by atoms with van der Waals surface area (Å²) >= 11 is 12.8. The van der Waals surface area contributed by atoms with Gasteiger partial charge in [0.05, 0.1) is 15.7 Å². The molecule has 0 saturated carbocycles. The molecule has 4 rings (SSSR count). The van der Waals surface area contributed by atoms with E-state index in [4.69, 9.17) is 32.7 Å². The topological polar surface area (TPSA) is 154 Å². The number of carbonyl (C=O) groups excluding carboxylic acids is 1. The molecule has 0 radical (unpaired) electrons. The molecule has 212 valence electrons. The molecule has 1 fully saturated rings. The number of piperidine rings is 1. The van der Waals surface area contributed by atoms with Crippen LogP contribution in [0.15, 0.2) is 59.5 Å². The summed E-state index contributed by atoms with van der Waals surface area (Å²) in [5.41, 5.74) is -0.0207. The highest BCUT2D eigenvalue weighted by Crippen LogP contribution is 2.41. The normalized spacial score (nSPS) is 13.9. The Bertz CT molecular complexity index is 1500. The summed E-state index contributed by atoms with van der Waals surface area (Å²) in [7, 11) is -3.99. The van der Waals surface area contributed by atoms with Crippen LogP contribution in [0.2, 0.25) is 10.0 Å². The zero-order chi connectivity index (χ0) is 29.0. The van der Waals surface area contributed by atoms with E-state index in [-0.39, 0.29) is 43.6 Å². The highest BCUT2D eigenvalue weighted by Gasteiger charge is 2.29. The molecule has 14 heteroatoms. The van der Waals surface area contributed by atoms with Gasteiger partial charge < -0.3 is 24.8 Å². The molecule has 0 aliphatic carbocycles. The molecule has 0 atom stereocenters. The number of carboxylic acid groups (broad SMARTS) is 1. The van der Waals surface area contributed by atoms with Crippen molar-refractivity contribution in [1.82, 2.24) is 4.31 Å². The fourth-order valence-corrected chi connectivity index (χ4v) is 6.16. The third-order valence-corrected chi connectivity index (χ3v) is 8.42. The maximum absolute atomic E-state index is 13.1. The van der Waals surface area contributed by atoms with Crippen LogP contribution in [0.25, 0.3) is 0 Å². The molecule has 1 aliphatic rings. The summed E-state index contributed by atoms with van der Waals surface area (Å²) in [6.07, 6.45) is 1.30. The summed E-state index contributed by atoms with van der Waals surface area (Å²) in [5, 5.41) is 28.8. The fourth-order valence-electron chi connectivity index (χ4n) is 3.99. The van der Waals surface area contributed by atoms with Crippen molar-refractivity contribution in [3.8, 4) is 28.7 Å². The van der Waals surface area contributed by atoms with Gasteiger partial charge in [0.15, 0.2) is 5.75 Å². The first-order valence-corrected chi connectivity index (χ1v) is 14.2. The van der Waals surface area contributed by atoms with Crippen LogP contribution >= 0.6 is 23.2 Å². The molecule has 0 unspecified atom stereocenters. The third-order valence-electron chi connectivity index (χ3n) is 5.93. The van der Waals surface area contributed by atoms with E-state index >= 15 is 0 Å². The summed E-state index contributed by atoms with van der Waals surface area (Å²) in [6, 6.07) is 11.3. The number of hydrogen-bond acceptors (Lipinski definition) is 8. The van der Waals surface area contributed by atoms with Gasteiger partial charge in [0.25, 0.3) is 0 Å². The van der Waals surface area contributed by atoms with Crippen LogP contribution in [0.3, 0.4) is 0 Å². The lowest BCUT2D eigenvalue weighted by atomic mass is 10.2. The van der Waals surface area contributed by atoms with E-state index in [1.54, 1.807) is 0 Å². The second kappa shape index (κ2) is 12.2. The molecule has 3 N–H and O–H groups in total. The van der Waals surface area contributed by atoms with Crippen LogP contribution in [-0.4, -0.2) is 59.7 Å². The van der Waals surface area contributed by atoms with Gasteiger partial charge in [0.2, 0.25) is 10.0 Å². The molecule has 1 saturated heterocycles. The van der Waals surface area contributed by atoms with Gasteiger partial charge in [-0.3, -0.25) is 9.69 Å². The Hall–Kier alpha value is -3.71. The van der Waals surface area contributed by atoms with E-state index in [0.717, 1.165) is 30.2 Å². The van der Waals surface area contributed by atoms with Crippen LogP contribution < -0.4 is 14.4 Å². The van der Waals surface area contributed by atoms with Gasteiger partial charge in [-0.2, -0.15) is 4.31 Å². The summed E-state index contributed by atoms with van der Waals surface area (Å²) in [6.45, 7) is -0.110. The second-order valence-electron chi connectivity index (χ2n) is 8.78. The predicted octanol–water partition coefficient (Wildman–Crippen LogP) is 5.46. The maximum Gasteiger partial charge on any atom is 0.420 e. The molecule has 3 aromatic carbocycles. The van der Waals surface area contributed by atoms with Crippen molar-refractivity contribution in [2.45, 2.75) is 24.2 Å². The first kappa shape index (κ1) is 29.3. The molecular weight excluding hydrogens is 587 g/mol. The third kappa shape index (κ3) is 6.70. The van der Waals surface area contributed by atoms with Gasteiger partial charge in [0.1, 0.15) is 34.4 Å². The number of rotatable bonds is 8. The number of nitrogens with zero attached hydrogens (tertiary/aromatic N) is 2. The molecular formula is C26H24Cl2N2O9S. The molecule has 11 nitrogen and oxygen atoms in total. The number of benzene rings is 3. The Morgan fingerprint density at radius 1 is 0.900 bits per heavy atom. The first-order chi connectivity index (χ1) is 19.0. The standard InChI is InChI=1S/C26H24Cl2N2O9S/c27-20-12-16(30(15-24(33)34)26(35)39-18-6-4-17(31)5-7-18)13-21(28)25(20)38-19-8-9-22(32)23(14-19)40(36,37)29-10-2-1-3-11-29/h4-9,12-14,31-32H,1-3,10-11,15H2,(H,33,34). The fraction of sp³-hybridized carbons (Fsp3) is 0.231. The van der Waals surface area contributed by atoms with Crippen molar-refractivity contribution in [2.24, 2.45) is 0 Å². The van der Waals surface area contributed by atoms with Gasteiger partial charge in [0, 0.05) is 19.2 Å². The molecule has 0 bridgehead atoms. The molecule has 1 heterocycles. The number of aliphatic carboxylic acids is 1. The molecule has 0 aromatic heterocycles. The number of carbonyl (C=O) groups is 2. The minimum absolute atomic E-state index is 0.0130. The zero-order valence-corrected chi connectivity index (χ0v) is 23.1. The van der Waals surface area contributed by atoms with E-state index in [1.165, 1.54) is 52.8 Å². The highest BCUT2D eigenvalue weighted by atomic mass is 35.5. The van der Waals surface area contributed by atoms with Crippen LogP contribution in [0.5, 0.6) is 28.7 Å². The monoisotopic (exact) mass is 610 g/mol. The number of ether oxygens (including phenoxy) is 2. The van der Waals surface area contributed by atoms with E-state index in [2.05, 4.69) is 0 Å². The minimum Gasteiger partial charge on any atom is -0.508 e. The van der Waals surface area contributed by atoms with E-state index < -0.39 is 34.4 Å². The molecule has 3 aromatic rings. The maximum atomic E-state index is 13.1. The van der Waals surface area contributed by atoms with Crippen molar-refractivity contribution in [3.05, 3.63) is 64.6 Å². The van der Waals surface area contributed by atoms with Crippen LogP contribution in [-0.2, 0) is 14.8 Å². The summed E-state index contributed by atoms with van der Waals surface area (Å²) in [4.78, 5) is 24.7. The lowest BCUT2D eigenvalue weighted by Crippen LogP contribution is -2.37. The van der Waals surface area contributed by atoms with Crippen LogP contribution in [0, 0.1) is 0 Å². The Labute approximate surface area is 239 Å². The van der Waals surface area contributed by atoms with E-state index in [9.17, 15) is 33.3 Å². The van der Waals surface area contributed by atoms with Crippen LogP contribution in [0.4, 0.5) is 10.5 Å². The van der Waals surface area contributed by atoms with Gasteiger partial charge in [-0.25, -0.2) is 13.2 Å². The van der Waals surface area contributed by atoms with Crippen molar-refractivity contribution < 1.29 is 42.8 Å². The SMILES string of the molecule is O=C(O)CN(C(=O)Oc1ccc(O)cc1)c1cc(Cl)c(Oc2ccc(O)c(S(=O)(=O)N3CCCCC3)c2)c(Cl)c1. The number of carboxylic acids is 1. The quantitative estimate of drug-likeness (QED) is 0.301.